The summed E-state index contributed by atoms with van der Waals surface area (Å²) in [5, 5.41) is 15.0. The van der Waals surface area contributed by atoms with E-state index < -0.39 is 11.8 Å². The van der Waals surface area contributed by atoms with Gasteiger partial charge in [0.15, 0.2) is 11.5 Å². The summed E-state index contributed by atoms with van der Waals surface area (Å²) in [4.78, 5) is 14.2. The highest BCUT2D eigenvalue weighted by Gasteiger charge is 2.10. The number of aliphatic carboxylic acids is 1. The van der Waals surface area contributed by atoms with Gasteiger partial charge in [0, 0.05) is 11.6 Å². The first-order valence-electron chi connectivity index (χ1n) is 4.08. The average molecular weight is 207 g/mol. The molecule has 0 aliphatic rings. The van der Waals surface area contributed by atoms with E-state index in [0.29, 0.717) is 17.1 Å². The highest BCUT2D eigenvalue weighted by Crippen LogP contribution is 2.21. The fourth-order valence-corrected chi connectivity index (χ4v) is 1.21. The molecule has 15 heavy (non-hydrogen) atoms. The molecule has 0 fully saturated rings. The monoisotopic (exact) mass is 207 g/mol. The summed E-state index contributed by atoms with van der Waals surface area (Å²) in [6.07, 6.45) is 1.99. The topological polar surface area (TPSA) is 78.9 Å². The molecule has 0 bridgehead atoms. The molecule has 0 amide bonds. The molecular weight excluding hydrogens is 201 g/mol. The van der Waals surface area contributed by atoms with Crippen LogP contribution in [0.3, 0.4) is 0 Å². The van der Waals surface area contributed by atoms with E-state index in [1.54, 1.807) is 12.1 Å². The number of carboxylic acid groups (broad SMARTS) is 1. The van der Waals surface area contributed by atoms with Crippen molar-refractivity contribution < 1.29 is 14.3 Å². The minimum atomic E-state index is -1.35. The normalized spacial score (nSPS) is 11.9. The SMILES string of the molecule is O=C(O)C=C(F)c1[nH]nc2ncccc12. The first-order valence-corrected chi connectivity index (χ1v) is 4.08. The van der Waals surface area contributed by atoms with E-state index in [2.05, 4.69) is 15.2 Å². The van der Waals surface area contributed by atoms with Crippen LogP contribution < -0.4 is 0 Å². The van der Waals surface area contributed by atoms with Gasteiger partial charge in [0.05, 0.1) is 6.08 Å². The van der Waals surface area contributed by atoms with Crippen molar-refractivity contribution >= 4 is 22.8 Å². The smallest absolute Gasteiger partial charge is 0.331 e. The highest BCUT2D eigenvalue weighted by molar-refractivity contribution is 5.93. The third-order valence-electron chi connectivity index (χ3n) is 1.82. The van der Waals surface area contributed by atoms with Crippen LogP contribution in [-0.4, -0.2) is 26.3 Å². The fraction of sp³-hybridized carbons (Fsp3) is 0. The zero-order valence-electron chi connectivity index (χ0n) is 7.44. The Labute approximate surface area is 83.3 Å². The molecule has 0 unspecified atom stereocenters. The maximum atomic E-state index is 13.3. The van der Waals surface area contributed by atoms with Crippen LogP contribution in [-0.2, 0) is 4.79 Å². The molecule has 2 aromatic rings. The van der Waals surface area contributed by atoms with Crippen molar-refractivity contribution in [3.05, 3.63) is 30.1 Å². The molecule has 76 valence electrons. The number of carboxylic acids is 1. The number of nitrogens with one attached hydrogen (secondary N) is 1. The number of halogens is 1. The quantitative estimate of drug-likeness (QED) is 0.728. The fourth-order valence-electron chi connectivity index (χ4n) is 1.21. The number of pyridine rings is 1. The maximum Gasteiger partial charge on any atom is 0.331 e. The first-order chi connectivity index (χ1) is 7.18. The number of nitrogens with zero attached hydrogens (tertiary/aromatic N) is 2. The molecule has 5 nitrogen and oxygen atoms in total. The van der Waals surface area contributed by atoms with Gasteiger partial charge in [-0.25, -0.2) is 14.2 Å². The second-order valence-corrected chi connectivity index (χ2v) is 2.80. The van der Waals surface area contributed by atoms with Crippen molar-refractivity contribution in [2.24, 2.45) is 0 Å². The van der Waals surface area contributed by atoms with Gasteiger partial charge in [0.1, 0.15) is 5.69 Å². The Morgan fingerprint density at radius 3 is 3.13 bits per heavy atom. The largest absolute Gasteiger partial charge is 0.478 e. The lowest BCUT2D eigenvalue weighted by molar-refractivity contribution is -0.131. The molecule has 0 aromatic carbocycles. The van der Waals surface area contributed by atoms with E-state index in [-0.39, 0.29) is 5.69 Å². The van der Waals surface area contributed by atoms with Crippen molar-refractivity contribution in [1.82, 2.24) is 15.2 Å². The summed E-state index contributed by atoms with van der Waals surface area (Å²) >= 11 is 0. The second-order valence-electron chi connectivity index (χ2n) is 2.80. The maximum absolute atomic E-state index is 13.3. The number of hydrogen-bond acceptors (Lipinski definition) is 3. The van der Waals surface area contributed by atoms with Gasteiger partial charge in [-0.3, -0.25) is 5.10 Å². The second kappa shape index (κ2) is 3.49. The minimum Gasteiger partial charge on any atom is -0.478 e. The lowest BCUT2D eigenvalue weighted by Gasteiger charge is -1.92. The minimum absolute atomic E-state index is 0.0282. The highest BCUT2D eigenvalue weighted by atomic mass is 19.1. The number of fused-ring (bicyclic) bond motifs is 1. The van der Waals surface area contributed by atoms with Gasteiger partial charge in [-0.05, 0) is 12.1 Å². The zero-order valence-corrected chi connectivity index (χ0v) is 7.44. The van der Waals surface area contributed by atoms with Crippen LogP contribution in [0.4, 0.5) is 4.39 Å². The van der Waals surface area contributed by atoms with E-state index in [9.17, 15) is 9.18 Å². The van der Waals surface area contributed by atoms with Crippen LogP contribution in [0.1, 0.15) is 5.69 Å². The zero-order chi connectivity index (χ0) is 10.8. The Hall–Kier alpha value is -2.24. The molecule has 0 aliphatic carbocycles. The number of carbonyl (C=O) groups is 1. The van der Waals surface area contributed by atoms with Crippen molar-refractivity contribution in [3.8, 4) is 0 Å². The summed E-state index contributed by atoms with van der Waals surface area (Å²) in [7, 11) is 0. The van der Waals surface area contributed by atoms with Crippen molar-refractivity contribution in [3.63, 3.8) is 0 Å². The molecule has 2 aromatic heterocycles. The Morgan fingerprint density at radius 1 is 1.60 bits per heavy atom. The number of hydrogen-bond donors (Lipinski definition) is 2. The molecule has 2 N–H and O–H groups in total. The van der Waals surface area contributed by atoms with Crippen LogP contribution in [0.5, 0.6) is 0 Å². The number of aromatic nitrogens is 3. The molecule has 0 saturated carbocycles. The molecule has 2 rings (SSSR count). The van der Waals surface area contributed by atoms with Gasteiger partial charge < -0.3 is 5.11 Å². The lowest BCUT2D eigenvalue weighted by Crippen LogP contribution is -1.89. The van der Waals surface area contributed by atoms with E-state index in [0.717, 1.165) is 0 Å². The van der Waals surface area contributed by atoms with E-state index >= 15 is 0 Å². The van der Waals surface area contributed by atoms with E-state index in [4.69, 9.17) is 5.11 Å². The summed E-state index contributed by atoms with van der Waals surface area (Å²) in [5.41, 5.74) is 0.377. The molecular formula is C9H6FN3O2. The molecule has 0 atom stereocenters. The molecule has 0 radical (unpaired) electrons. The number of aromatic amines is 1. The number of rotatable bonds is 2. The average Bonchev–Trinajstić information content (AvgIpc) is 2.59. The third kappa shape index (κ3) is 1.69. The third-order valence-corrected chi connectivity index (χ3v) is 1.82. The lowest BCUT2D eigenvalue weighted by atomic mass is 10.2. The van der Waals surface area contributed by atoms with E-state index in [1.807, 2.05) is 0 Å². The summed E-state index contributed by atoms with van der Waals surface area (Å²) < 4.78 is 13.3. The van der Waals surface area contributed by atoms with Crippen LogP contribution in [0.15, 0.2) is 24.4 Å². The Morgan fingerprint density at radius 2 is 2.40 bits per heavy atom. The Bertz CT molecular complexity index is 547. The Kier molecular flexibility index (Phi) is 2.17. The van der Waals surface area contributed by atoms with Gasteiger partial charge >= 0.3 is 5.97 Å². The predicted molar refractivity (Wildman–Crippen MR) is 50.6 cm³/mol. The molecule has 0 saturated heterocycles. The molecule has 0 spiro atoms. The van der Waals surface area contributed by atoms with Crippen LogP contribution in [0, 0.1) is 0 Å². The number of H-pyrrole nitrogens is 1. The van der Waals surface area contributed by atoms with Gasteiger partial charge in [-0.15, -0.1) is 0 Å². The summed E-state index contributed by atoms with van der Waals surface area (Å²) in [5.74, 6) is -2.22. The van der Waals surface area contributed by atoms with Crippen LogP contribution in [0.25, 0.3) is 16.9 Å². The molecule has 0 aliphatic heterocycles. The first kappa shape index (κ1) is 9.32. The van der Waals surface area contributed by atoms with Gasteiger partial charge in [0.2, 0.25) is 0 Å². The van der Waals surface area contributed by atoms with Crippen molar-refractivity contribution in [2.75, 3.05) is 0 Å². The van der Waals surface area contributed by atoms with Crippen LogP contribution >= 0.6 is 0 Å². The summed E-state index contributed by atoms with van der Waals surface area (Å²) in [6, 6.07) is 3.23. The molecule has 6 heteroatoms. The summed E-state index contributed by atoms with van der Waals surface area (Å²) in [6.45, 7) is 0. The standard InChI is InChI=1S/C9H6FN3O2/c10-6(4-7(14)15)8-5-2-1-3-11-9(5)13-12-8/h1-4H,(H,14,15)(H,11,12,13). The van der Waals surface area contributed by atoms with Crippen LogP contribution in [0.2, 0.25) is 0 Å². The van der Waals surface area contributed by atoms with Gasteiger partial charge in [-0.1, -0.05) is 0 Å². The predicted octanol–water partition coefficient (Wildman–Crippen LogP) is 1.35. The van der Waals surface area contributed by atoms with E-state index in [1.165, 1.54) is 6.20 Å². The Balaban J connectivity index is 2.57. The van der Waals surface area contributed by atoms with Gasteiger partial charge in [0.25, 0.3) is 0 Å². The van der Waals surface area contributed by atoms with Gasteiger partial charge in [-0.2, -0.15) is 5.10 Å². The van der Waals surface area contributed by atoms with Crippen molar-refractivity contribution in [1.29, 1.82) is 0 Å². The van der Waals surface area contributed by atoms with Crippen molar-refractivity contribution in [2.45, 2.75) is 0 Å². The molecule has 2 heterocycles.